The molecule has 1 heterocycles. The smallest absolute Gasteiger partial charge is 0.0859 e. The highest BCUT2D eigenvalue weighted by Crippen LogP contribution is 2.28. The summed E-state index contributed by atoms with van der Waals surface area (Å²) in [5.41, 5.74) is 2.67. The molecule has 0 amide bonds. The van der Waals surface area contributed by atoms with Crippen molar-refractivity contribution < 1.29 is 0 Å². The molecule has 0 spiro atoms. The third-order valence-electron chi connectivity index (χ3n) is 5.37. The summed E-state index contributed by atoms with van der Waals surface area (Å²) in [4.78, 5) is 0. The maximum Gasteiger partial charge on any atom is 0.0859 e. The molecule has 0 aromatic carbocycles. The van der Waals surface area contributed by atoms with Crippen molar-refractivity contribution in [3.63, 3.8) is 0 Å². The predicted molar refractivity (Wildman–Crippen MR) is 92.9 cm³/mol. The molecule has 2 rings (SSSR count). The highest BCUT2D eigenvalue weighted by Gasteiger charge is 2.19. The lowest BCUT2D eigenvalue weighted by atomic mass is 9.82. The first-order chi connectivity index (χ1) is 10.6. The maximum absolute atomic E-state index is 4.33. The summed E-state index contributed by atoms with van der Waals surface area (Å²) >= 11 is 0. The van der Waals surface area contributed by atoms with E-state index in [0.717, 1.165) is 30.7 Å². The molecule has 22 heavy (non-hydrogen) atoms. The van der Waals surface area contributed by atoms with Crippen LogP contribution < -0.4 is 0 Å². The van der Waals surface area contributed by atoms with Gasteiger partial charge >= 0.3 is 0 Å². The SMILES string of the molecule is CCCC(C)CC(CCCCn1nnc2c1CCC2)C(C)C. The number of rotatable bonds is 10. The fraction of sp³-hybridized carbons (Fsp3) is 0.895. The molecule has 0 N–H and O–H groups in total. The second kappa shape index (κ2) is 8.69. The van der Waals surface area contributed by atoms with E-state index in [1.165, 1.54) is 62.8 Å². The minimum absolute atomic E-state index is 0.815. The average molecular weight is 306 g/mol. The standard InChI is InChI=1S/C19H35N3/c1-5-9-16(4)14-17(15(2)3)10-6-7-13-22-19-12-8-11-18(19)20-21-22/h15-17H,5-14H2,1-4H3. The van der Waals surface area contributed by atoms with E-state index in [0.29, 0.717) is 0 Å². The fourth-order valence-electron chi connectivity index (χ4n) is 3.96. The van der Waals surface area contributed by atoms with Gasteiger partial charge in [0.2, 0.25) is 0 Å². The van der Waals surface area contributed by atoms with Crippen LogP contribution in [0, 0.1) is 17.8 Å². The first-order valence-electron chi connectivity index (χ1n) is 9.53. The Balaban J connectivity index is 1.71. The Hall–Kier alpha value is -0.860. The van der Waals surface area contributed by atoms with Crippen LogP contribution in [0.3, 0.4) is 0 Å². The average Bonchev–Trinajstić information content (AvgIpc) is 3.06. The zero-order valence-electron chi connectivity index (χ0n) is 15.1. The lowest BCUT2D eigenvalue weighted by molar-refractivity contribution is 0.272. The summed E-state index contributed by atoms with van der Waals surface area (Å²) < 4.78 is 2.17. The summed E-state index contributed by atoms with van der Waals surface area (Å²) in [7, 11) is 0. The molecule has 2 unspecified atom stereocenters. The van der Waals surface area contributed by atoms with Gasteiger partial charge in [0.15, 0.2) is 0 Å². The van der Waals surface area contributed by atoms with E-state index in [9.17, 15) is 0 Å². The molecule has 3 nitrogen and oxygen atoms in total. The van der Waals surface area contributed by atoms with E-state index in [2.05, 4.69) is 42.7 Å². The van der Waals surface area contributed by atoms with Gasteiger partial charge in [0.1, 0.15) is 0 Å². The Labute approximate surface area is 136 Å². The van der Waals surface area contributed by atoms with Crippen LogP contribution in [0.4, 0.5) is 0 Å². The van der Waals surface area contributed by atoms with E-state index in [-0.39, 0.29) is 0 Å². The minimum atomic E-state index is 0.815. The van der Waals surface area contributed by atoms with Gasteiger partial charge in [-0.25, -0.2) is 4.68 Å². The summed E-state index contributed by atoms with van der Waals surface area (Å²) in [5.74, 6) is 2.59. The van der Waals surface area contributed by atoms with Gasteiger partial charge < -0.3 is 0 Å². The van der Waals surface area contributed by atoms with E-state index < -0.39 is 0 Å². The summed E-state index contributed by atoms with van der Waals surface area (Å²) in [6.45, 7) is 10.6. The van der Waals surface area contributed by atoms with Crippen LogP contribution in [-0.2, 0) is 19.4 Å². The number of nitrogens with zero attached hydrogens (tertiary/aromatic N) is 3. The number of aromatic nitrogens is 3. The number of fused-ring (bicyclic) bond motifs is 1. The Morgan fingerprint density at radius 3 is 2.64 bits per heavy atom. The first-order valence-corrected chi connectivity index (χ1v) is 9.53. The van der Waals surface area contributed by atoms with Gasteiger partial charge in [-0.1, -0.05) is 58.6 Å². The largest absolute Gasteiger partial charge is 0.249 e. The second-order valence-electron chi connectivity index (χ2n) is 7.69. The lowest BCUT2D eigenvalue weighted by Crippen LogP contribution is -2.13. The molecule has 0 saturated heterocycles. The van der Waals surface area contributed by atoms with Gasteiger partial charge in [-0.2, -0.15) is 0 Å². The first kappa shape index (κ1) is 17.5. The van der Waals surface area contributed by atoms with Crippen LogP contribution in [0.1, 0.15) is 84.0 Å². The van der Waals surface area contributed by atoms with Crippen molar-refractivity contribution in [3.8, 4) is 0 Å². The summed E-state index contributed by atoms with van der Waals surface area (Å²) in [6, 6.07) is 0. The van der Waals surface area contributed by atoms with E-state index in [4.69, 9.17) is 0 Å². The molecule has 1 aromatic heterocycles. The van der Waals surface area contributed by atoms with Crippen molar-refractivity contribution in [2.45, 2.75) is 92.0 Å². The van der Waals surface area contributed by atoms with Gasteiger partial charge in [0.05, 0.1) is 11.4 Å². The Morgan fingerprint density at radius 1 is 1.09 bits per heavy atom. The summed E-state index contributed by atoms with van der Waals surface area (Å²) in [5, 5.41) is 8.64. The number of hydrogen-bond acceptors (Lipinski definition) is 2. The number of aryl methyl sites for hydroxylation is 2. The van der Waals surface area contributed by atoms with E-state index >= 15 is 0 Å². The Morgan fingerprint density at radius 2 is 1.91 bits per heavy atom. The van der Waals surface area contributed by atoms with Crippen molar-refractivity contribution >= 4 is 0 Å². The molecule has 0 fully saturated rings. The highest BCUT2D eigenvalue weighted by molar-refractivity contribution is 5.15. The van der Waals surface area contributed by atoms with Crippen molar-refractivity contribution in [2.24, 2.45) is 17.8 Å². The molecule has 0 aliphatic heterocycles. The third kappa shape index (κ3) is 4.82. The third-order valence-corrected chi connectivity index (χ3v) is 5.37. The number of unbranched alkanes of at least 4 members (excludes halogenated alkanes) is 1. The lowest BCUT2D eigenvalue weighted by Gasteiger charge is -2.24. The van der Waals surface area contributed by atoms with E-state index in [1.807, 2.05) is 0 Å². The topological polar surface area (TPSA) is 30.7 Å². The van der Waals surface area contributed by atoms with Crippen molar-refractivity contribution in [1.29, 1.82) is 0 Å². The highest BCUT2D eigenvalue weighted by atomic mass is 15.4. The second-order valence-corrected chi connectivity index (χ2v) is 7.69. The van der Waals surface area contributed by atoms with Gasteiger partial charge in [0, 0.05) is 6.54 Å². The van der Waals surface area contributed by atoms with Gasteiger partial charge in [-0.05, 0) is 49.9 Å². The monoisotopic (exact) mass is 305 g/mol. The molecule has 126 valence electrons. The van der Waals surface area contributed by atoms with Crippen LogP contribution >= 0.6 is 0 Å². The van der Waals surface area contributed by atoms with Crippen LogP contribution in [0.25, 0.3) is 0 Å². The van der Waals surface area contributed by atoms with Crippen LogP contribution in [0.2, 0.25) is 0 Å². The van der Waals surface area contributed by atoms with Crippen molar-refractivity contribution in [2.75, 3.05) is 0 Å². The molecule has 0 radical (unpaired) electrons. The van der Waals surface area contributed by atoms with Gasteiger partial charge in [-0.3, -0.25) is 0 Å². The molecule has 0 saturated carbocycles. The molecule has 3 heteroatoms. The maximum atomic E-state index is 4.33. The minimum Gasteiger partial charge on any atom is -0.249 e. The van der Waals surface area contributed by atoms with Crippen LogP contribution in [-0.4, -0.2) is 15.0 Å². The van der Waals surface area contributed by atoms with Crippen LogP contribution in [0.5, 0.6) is 0 Å². The van der Waals surface area contributed by atoms with Gasteiger partial charge in [0.25, 0.3) is 0 Å². The predicted octanol–water partition coefficient (Wildman–Crippen LogP) is 5.04. The Bertz CT molecular complexity index is 436. The van der Waals surface area contributed by atoms with Gasteiger partial charge in [-0.15, -0.1) is 5.10 Å². The summed E-state index contributed by atoms with van der Waals surface area (Å²) in [6.07, 6.45) is 11.7. The molecule has 1 aliphatic rings. The number of hydrogen-bond donors (Lipinski definition) is 0. The Kier molecular flexibility index (Phi) is 6.91. The molecule has 2 atom stereocenters. The zero-order chi connectivity index (χ0) is 15.9. The molecule has 0 bridgehead atoms. The fourth-order valence-corrected chi connectivity index (χ4v) is 3.96. The van der Waals surface area contributed by atoms with Crippen molar-refractivity contribution in [1.82, 2.24) is 15.0 Å². The molecular formula is C19H35N3. The van der Waals surface area contributed by atoms with Crippen molar-refractivity contribution in [3.05, 3.63) is 11.4 Å². The van der Waals surface area contributed by atoms with E-state index in [1.54, 1.807) is 0 Å². The van der Waals surface area contributed by atoms with Crippen LogP contribution in [0.15, 0.2) is 0 Å². The molecule has 1 aromatic rings. The normalized spacial score (nSPS) is 17.0. The molecule has 1 aliphatic carbocycles. The molecular weight excluding hydrogens is 270 g/mol. The zero-order valence-corrected chi connectivity index (χ0v) is 15.1. The quantitative estimate of drug-likeness (QED) is 0.567.